The van der Waals surface area contributed by atoms with Crippen molar-refractivity contribution in [1.82, 2.24) is 5.32 Å². The number of rotatable bonds is 2. The lowest BCUT2D eigenvalue weighted by Crippen LogP contribution is -2.49. The van der Waals surface area contributed by atoms with Crippen LogP contribution in [-0.2, 0) is 0 Å². The maximum Gasteiger partial charge on any atom is 0.224 e. The van der Waals surface area contributed by atoms with E-state index in [1.807, 2.05) is 18.2 Å². The fraction of sp³-hybridized carbons (Fsp3) is 0.300. The van der Waals surface area contributed by atoms with Gasteiger partial charge in [-0.1, -0.05) is 17.7 Å². The van der Waals surface area contributed by atoms with Crippen LogP contribution in [0.1, 0.15) is 18.1 Å². The highest BCUT2D eigenvalue weighted by Gasteiger charge is 2.25. The molecule has 2 aliphatic rings. The number of aliphatic hydroxyl groups excluding tert-OH is 1. The third kappa shape index (κ3) is 3.30. The average molecular weight is 375 g/mol. The summed E-state index contributed by atoms with van der Waals surface area (Å²) in [7, 11) is 0. The zero-order chi connectivity index (χ0) is 18.3. The molecule has 1 fully saturated rings. The smallest absolute Gasteiger partial charge is 0.224 e. The van der Waals surface area contributed by atoms with Crippen LogP contribution in [0.5, 0.6) is 5.75 Å². The summed E-state index contributed by atoms with van der Waals surface area (Å²) in [5, 5.41) is 14.1. The van der Waals surface area contributed by atoms with Crippen LogP contribution < -0.4 is 15.0 Å². The Labute approximate surface area is 156 Å². The molecule has 2 N–H and O–H groups in total. The van der Waals surface area contributed by atoms with Gasteiger partial charge in [-0.3, -0.25) is 0 Å². The SMILES string of the molecule is C[C@H]1CN(c2ccc3c(c2)OC(O)C(c2ccc(F)cc2Cl)=C3)CCN1. The second-order valence-corrected chi connectivity index (χ2v) is 7.12. The normalized spacial score (nSPS) is 22.5. The molecule has 2 aliphatic heterocycles. The minimum absolute atomic E-state index is 0.244. The Kier molecular flexibility index (Phi) is 4.61. The lowest BCUT2D eigenvalue weighted by atomic mass is 9.99. The predicted octanol–water partition coefficient (Wildman–Crippen LogP) is 3.53. The summed E-state index contributed by atoms with van der Waals surface area (Å²) in [4.78, 5) is 2.30. The molecule has 0 radical (unpaired) electrons. The molecule has 0 bridgehead atoms. The highest BCUT2D eigenvalue weighted by atomic mass is 35.5. The van der Waals surface area contributed by atoms with Crippen molar-refractivity contribution in [3.63, 3.8) is 0 Å². The van der Waals surface area contributed by atoms with E-state index in [-0.39, 0.29) is 5.02 Å². The number of hydrogen-bond acceptors (Lipinski definition) is 4. The Balaban J connectivity index is 1.67. The molecule has 0 aliphatic carbocycles. The van der Waals surface area contributed by atoms with E-state index in [0.29, 0.717) is 22.9 Å². The maximum absolute atomic E-state index is 13.3. The van der Waals surface area contributed by atoms with E-state index in [1.165, 1.54) is 12.1 Å². The summed E-state index contributed by atoms with van der Waals surface area (Å²) in [5.41, 5.74) is 3.01. The summed E-state index contributed by atoms with van der Waals surface area (Å²) < 4.78 is 19.0. The predicted molar refractivity (Wildman–Crippen MR) is 102 cm³/mol. The topological polar surface area (TPSA) is 44.7 Å². The van der Waals surface area contributed by atoms with Crippen LogP contribution in [0.2, 0.25) is 5.02 Å². The summed E-state index contributed by atoms with van der Waals surface area (Å²) in [5.74, 6) is 0.212. The standard InChI is InChI=1S/C20H20ClFN2O2/c1-12-11-24(7-6-23-12)15-4-2-13-8-17(20(25)26-19(13)10-15)16-5-3-14(22)9-18(16)21/h2-5,8-10,12,20,23,25H,6-7,11H2,1H3/t12-,20?/m0/s1. The molecule has 0 aromatic heterocycles. The Morgan fingerprint density at radius 2 is 2.12 bits per heavy atom. The first-order valence-corrected chi connectivity index (χ1v) is 9.03. The lowest BCUT2D eigenvalue weighted by molar-refractivity contribution is 0.0320. The van der Waals surface area contributed by atoms with Crippen LogP contribution in [0.4, 0.5) is 10.1 Å². The minimum Gasteiger partial charge on any atom is -0.460 e. The summed E-state index contributed by atoms with van der Waals surface area (Å²) in [6.45, 7) is 4.95. The van der Waals surface area contributed by atoms with E-state index < -0.39 is 12.1 Å². The minimum atomic E-state index is -1.15. The number of ether oxygens (including phenoxy) is 1. The molecule has 2 heterocycles. The van der Waals surface area contributed by atoms with Crippen molar-refractivity contribution in [3.8, 4) is 5.75 Å². The van der Waals surface area contributed by atoms with Crippen molar-refractivity contribution >= 4 is 28.9 Å². The second kappa shape index (κ2) is 6.91. The van der Waals surface area contributed by atoms with Crippen LogP contribution in [0.15, 0.2) is 36.4 Å². The van der Waals surface area contributed by atoms with Gasteiger partial charge in [0.15, 0.2) is 0 Å². The van der Waals surface area contributed by atoms with Crippen molar-refractivity contribution in [1.29, 1.82) is 0 Å². The molecule has 4 nitrogen and oxygen atoms in total. The summed E-state index contributed by atoms with van der Waals surface area (Å²) in [6.07, 6.45) is 0.690. The van der Waals surface area contributed by atoms with Crippen LogP contribution in [-0.4, -0.2) is 37.1 Å². The van der Waals surface area contributed by atoms with Gasteiger partial charge in [-0.2, -0.15) is 0 Å². The van der Waals surface area contributed by atoms with Gasteiger partial charge < -0.3 is 20.1 Å². The number of aliphatic hydroxyl groups is 1. The van der Waals surface area contributed by atoms with Crippen LogP contribution in [0, 0.1) is 5.82 Å². The molecule has 1 unspecified atom stereocenters. The molecule has 4 rings (SSSR count). The van der Waals surface area contributed by atoms with Crippen LogP contribution in [0.25, 0.3) is 11.6 Å². The molecule has 0 saturated carbocycles. The average Bonchev–Trinajstić information content (AvgIpc) is 2.61. The van der Waals surface area contributed by atoms with E-state index in [4.69, 9.17) is 16.3 Å². The quantitative estimate of drug-likeness (QED) is 0.844. The zero-order valence-corrected chi connectivity index (χ0v) is 15.1. The molecule has 0 amide bonds. The number of nitrogens with one attached hydrogen (secondary N) is 1. The van der Waals surface area contributed by atoms with E-state index in [9.17, 15) is 9.50 Å². The van der Waals surface area contributed by atoms with Gasteiger partial charge in [0.25, 0.3) is 0 Å². The first-order valence-electron chi connectivity index (χ1n) is 8.65. The Bertz CT molecular complexity index is 871. The zero-order valence-electron chi connectivity index (χ0n) is 14.4. The Morgan fingerprint density at radius 1 is 1.27 bits per heavy atom. The van der Waals surface area contributed by atoms with Gasteiger partial charge in [0.2, 0.25) is 6.29 Å². The van der Waals surface area contributed by atoms with Gasteiger partial charge in [-0.25, -0.2) is 4.39 Å². The van der Waals surface area contributed by atoms with Crippen molar-refractivity contribution in [2.24, 2.45) is 0 Å². The molecule has 0 spiro atoms. The number of benzene rings is 2. The number of nitrogens with zero attached hydrogens (tertiary/aromatic N) is 1. The Hall–Kier alpha value is -2.08. The first kappa shape index (κ1) is 17.3. The highest BCUT2D eigenvalue weighted by molar-refractivity contribution is 6.32. The molecular weight excluding hydrogens is 355 g/mol. The van der Waals surface area contributed by atoms with Crippen molar-refractivity contribution < 1.29 is 14.2 Å². The van der Waals surface area contributed by atoms with Gasteiger partial charge in [-0.05, 0) is 37.3 Å². The van der Waals surface area contributed by atoms with Crippen molar-refractivity contribution in [3.05, 3.63) is 58.4 Å². The van der Waals surface area contributed by atoms with Crippen LogP contribution in [0.3, 0.4) is 0 Å². The fourth-order valence-electron chi connectivity index (χ4n) is 3.46. The molecule has 6 heteroatoms. The number of fused-ring (bicyclic) bond motifs is 1. The van der Waals surface area contributed by atoms with E-state index in [1.54, 1.807) is 6.07 Å². The Morgan fingerprint density at radius 3 is 2.88 bits per heavy atom. The van der Waals surface area contributed by atoms with Crippen molar-refractivity contribution in [2.45, 2.75) is 19.3 Å². The third-order valence-corrected chi connectivity index (χ3v) is 5.10. The molecule has 136 valence electrons. The first-order chi connectivity index (χ1) is 12.5. The molecule has 2 aromatic rings. The largest absolute Gasteiger partial charge is 0.460 e. The monoisotopic (exact) mass is 374 g/mol. The second-order valence-electron chi connectivity index (χ2n) is 6.72. The van der Waals surface area contributed by atoms with Gasteiger partial charge in [0.1, 0.15) is 11.6 Å². The van der Waals surface area contributed by atoms with Crippen molar-refractivity contribution in [2.75, 3.05) is 24.5 Å². The number of hydrogen-bond donors (Lipinski definition) is 2. The summed E-state index contributed by atoms with van der Waals surface area (Å²) >= 11 is 6.14. The molecule has 2 aromatic carbocycles. The third-order valence-electron chi connectivity index (χ3n) is 4.79. The molecular formula is C20H20ClFN2O2. The highest BCUT2D eigenvalue weighted by Crippen LogP contribution is 2.38. The lowest BCUT2D eigenvalue weighted by Gasteiger charge is -2.34. The van der Waals surface area contributed by atoms with E-state index >= 15 is 0 Å². The molecule has 2 atom stereocenters. The molecule has 1 saturated heterocycles. The van der Waals surface area contributed by atoms with Crippen LogP contribution >= 0.6 is 11.6 Å². The van der Waals surface area contributed by atoms with Gasteiger partial charge >= 0.3 is 0 Å². The summed E-state index contributed by atoms with van der Waals surface area (Å²) in [6, 6.07) is 10.5. The van der Waals surface area contributed by atoms with Gasteiger partial charge in [0, 0.05) is 54.1 Å². The number of piperazine rings is 1. The fourth-order valence-corrected chi connectivity index (χ4v) is 3.74. The van der Waals surface area contributed by atoms with E-state index in [0.717, 1.165) is 30.9 Å². The number of anilines is 1. The maximum atomic E-state index is 13.3. The van der Waals surface area contributed by atoms with E-state index in [2.05, 4.69) is 23.2 Å². The molecule has 26 heavy (non-hydrogen) atoms. The number of halogens is 2. The van der Waals surface area contributed by atoms with Gasteiger partial charge in [0.05, 0.1) is 5.02 Å². The van der Waals surface area contributed by atoms with Gasteiger partial charge in [-0.15, -0.1) is 0 Å².